The van der Waals surface area contributed by atoms with E-state index >= 15 is 0 Å². The number of halogens is 2. The number of aryl methyl sites for hydroxylation is 2. The maximum Gasteiger partial charge on any atom is -0.0623 e. The molecule has 0 amide bonds. The fourth-order valence-electron chi connectivity index (χ4n) is 7.20. The first kappa shape index (κ1) is 49.1. The van der Waals surface area contributed by atoms with Gasteiger partial charge in [-0.05, 0) is 28.4 Å². The Balaban J connectivity index is 0.000000236. The standard InChI is InChI=1S/C21H25.C21H26.C13H13.2ClH.Zr/c1-20(2,3)16-7-9-18-14(12-16)11-15-13-17(21(4,5)6)8-10-19(15)18;1-20(2,3)18-11-7-16(8-12-18)15-17-9-13-19(14-10-17)21(4,5)6;1-10-8-11(2)13(9-10)12-6-4-3-5-7-12;;;/h7-10,12H,11H2,1-6H3;7-14H,1-6H3;3-9H,1-2H3;2*1H;/q-1;;-1;;;+2/p-2. The van der Waals surface area contributed by atoms with Crippen molar-refractivity contribution in [3.8, 4) is 22.3 Å². The first-order chi connectivity index (χ1) is 26.0. The zero-order valence-electron chi connectivity index (χ0n) is 37.5. The molecule has 1 aliphatic carbocycles. The average Bonchev–Trinajstić information content (AvgIpc) is 3.68. The smallest absolute Gasteiger partial charge is 0.0623 e. The van der Waals surface area contributed by atoms with Crippen LogP contribution in [-0.4, -0.2) is 3.21 Å². The van der Waals surface area contributed by atoms with Crippen molar-refractivity contribution in [3.05, 3.63) is 183 Å². The van der Waals surface area contributed by atoms with Crippen molar-refractivity contribution in [3.63, 3.8) is 0 Å². The van der Waals surface area contributed by atoms with E-state index in [-0.39, 0.29) is 46.5 Å². The van der Waals surface area contributed by atoms with Crippen molar-refractivity contribution in [2.75, 3.05) is 0 Å². The number of benzene rings is 5. The minimum Gasteiger partial charge on any atom is -1.00 e. The fraction of sp³-hybridized carbons (Fsp3) is 0.345. The zero-order valence-corrected chi connectivity index (χ0v) is 41.5. The van der Waals surface area contributed by atoms with Crippen LogP contribution in [0.2, 0.25) is 0 Å². The molecule has 0 nitrogen and oxygen atoms in total. The van der Waals surface area contributed by atoms with E-state index < -0.39 is 0 Å². The second-order valence-electron chi connectivity index (χ2n) is 19.8. The molecule has 0 bridgehead atoms. The van der Waals surface area contributed by atoms with Gasteiger partial charge in [0.25, 0.3) is 0 Å². The molecule has 0 N–H and O–H groups in total. The third-order valence-corrected chi connectivity index (χ3v) is 12.3. The van der Waals surface area contributed by atoms with Gasteiger partial charge in [-0.25, -0.2) is 6.07 Å². The van der Waals surface area contributed by atoms with Gasteiger partial charge < -0.3 is 24.8 Å². The Morgan fingerprint density at radius 1 is 0.517 bits per heavy atom. The molecule has 7 rings (SSSR count). The summed E-state index contributed by atoms with van der Waals surface area (Å²) in [5.41, 5.74) is 20.0. The molecule has 0 heterocycles. The average molecular weight is 887 g/mol. The van der Waals surface area contributed by atoms with Crippen LogP contribution < -0.4 is 24.8 Å². The quantitative estimate of drug-likeness (QED) is 0.156. The van der Waals surface area contributed by atoms with Crippen LogP contribution >= 0.6 is 0 Å². The molecule has 0 atom stereocenters. The topological polar surface area (TPSA) is 0 Å². The Hall–Kier alpha value is -3.22. The molecule has 3 heteroatoms. The molecule has 0 fully saturated rings. The van der Waals surface area contributed by atoms with Crippen LogP contribution in [0.4, 0.5) is 0 Å². The summed E-state index contributed by atoms with van der Waals surface area (Å²) < 4.78 is 1.42. The van der Waals surface area contributed by atoms with E-state index in [0.29, 0.717) is 0 Å². The Bertz CT molecular complexity index is 2140. The van der Waals surface area contributed by atoms with E-state index in [0.717, 1.165) is 6.42 Å². The van der Waals surface area contributed by atoms with Crippen molar-refractivity contribution in [1.82, 2.24) is 0 Å². The van der Waals surface area contributed by atoms with Gasteiger partial charge in [0, 0.05) is 0 Å². The molecule has 0 aliphatic heterocycles. The van der Waals surface area contributed by atoms with Gasteiger partial charge in [0.1, 0.15) is 0 Å². The molecule has 0 saturated heterocycles. The van der Waals surface area contributed by atoms with E-state index in [1.165, 1.54) is 105 Å². The second-order valence-corrected chi connectivity index (χ2v) is 21.1. The van der Waals surface area contributed by atoms with Crippen LogP contribution in [0, 0.1) is 19.9 Å². The van der Waals surface area contributed by atoms with Gasteiger partial charge in [-0.3, -0.25) is 0 Å². The summed E-state index contributed by atoms with van der Waals surface area (Å²) in [5.74, 6) is 0. The third kappa shape index (κ3) is 12.4. The Morgan fingerprint density at radius 2 is 0.983 bits per heavy atom. The van der Waals surface area contributed by atoms with E-state index in [2.05, 4.69) is 224 Å². The van der Waals surface area contributed by atoms with Gasteiger partial charge in [0.2, 0.25) is 0 Å². The van der Waals surface area contributed by atoms with Crippen molar-refractivity contribution in [2.45, 2.75) is 125 Å². The van der Waals surface area contributed by atoms with E-state index in [9.17, 15) is 0 Å². The third-order valence-electron chi connectivity index (χ3n) is 10.9. The summed E-state index contributed by atoms with van der Waals surface area (Å²) >= 11 is 1.46. The molecule has 0 unspecified atom stereocenters. The predicted molar refractivity (Wildman–Crippen MR) is 241 cm³/mol. The molecule has 58 heavy (non-hydrogen) atoms. The maximum atomic E-state index is 3.67. The molecular formula is C55H64Cl2Zr-2. The summed E-state index contributed by atoms with van der Waals surface area (Å²) in [6.07, 6.45) is 1.03. The van der Waals surface area contributed by atoms with Gasteiger partial charge in [0.15, 0.2) is 0 Å². The Kier molecular flexibility index (Phi) is 16.5. The minimum absolute atomic E-state index is 0. The largest absolute Gasteiger partial charge is 1.00 e. The van der Waals surface area contributed by atoms with Crippen LogP contribution in [0.3, 0.4) is 0 Å². The molecule has 6 aromatic carbocycles. The van der Waals surface area contributed by atoms with Crippen LogP contribution in [0.25, 0.3) is 22.3 Å². The molecular weight excluding hydrogens is 823 g/mol. The SMILES string of the molecule is CC(C)(C)c1[c-]c2c(cc1)-c1ccc(C(C)(C)C)cc1C2.CC(C)(C)c1ccc([C](=[Zr+2])c2ccc(C(C)(C)C)cc2)cc1.Cc1cc(-c2ccccc2)c(C)[cH-]1.[Cl-].[Cl-]. The van der Waals surface area contributed by atoms with E-state index in [4.69, 9.17) is 0 Å². The van der Waals surface area contributed by atoms with Gasteiger partial charge >= 0.3 is 151 Å². The molecule has 0 radical (unpaired) electrons. The normalized spacial score (nSPS) is 12.1. The number of rotatable bonds is 3. The van der Waals surface area contributed by atoms with Gasteiger partial charge in [-0.1, -0.05) is 115 Å². The maximum absolute atomic E-state index is 3.67. The second kappa shape index (κ2) is 19.4. The van der Waals surface area contributed by atoms with Crippen molar-refractivity contribution in [2.24, 2.45) is 0 Å². The van der Waals surface area contributed by atoms with Crippen LogP contribution in [0.1, 0.15) is 139 Å². The van der Waals surface area contributed by atoms with Gasteiger partial charge in [-0.2, -0.15) is 46.5 Å². The zero-order chi connectivity index (χ0) is 41.2. The molecule has 6 aromatic rings. The fourth-order valence-corrected chi connectivity index (χ4v) is 8.02. The van der Waals surface area contributed by atoms with Crippen molar-refractivity contribution >= 4 is 3.21 Å². The van der Waals surface area contributed by atoms with E-state index in [1.54, 1.807) is 0 Å². The van der Waals surface area contributed by atoms with Gasteiger partial charge in [0.05, 0.1) is 0 Å². The van der Waals surface area contributed by atoms with Crippen molar-refractivity contribution < 1.29 is 49.0 Å². The first-order valence-electron chi connectivity index (χ1n) is 20.3. The first-order valence-corrected chi connectivity index (χ1v) is 21.5. The Labute approximate surface area is 379 Å². The van der Waals surface area contributed by atoms with Crippen LogP contribution in [-0.2, 0) is 52.3 Å². The molecule has 0 aromatic heterocycles. The van der Waals surface area contributed by atoms with Crippen LogP contribution in [0.15, 0.2) is 121 Å². The summed E-state index contributed by atoms with van der Waals surface area (Å²) in [6, 6.07) is 48.3. The predicted octanol–water partition coefficient (Wildman–Crippen LogP) is 8.75. The molecule has 0 saturated carbocycles. The number of hydrogen-bond donors (Lipinski definition) is 0. The minimum atomic E-state index is 0. The molecule has 1 aliphatic rings. The monoisotopic (exact) mass is 884 g/mol. The number of hydrogen-bond acceptors (Lipinski definition) is 0. The molecule has 304 valence electrons. The molecule has 0 spiro atoms. The summed E-state index contributed by atoms with van der Waals surface area (Å²) in [6.45, 7) is 31.5. The summed E-state index contributed by atoms with van der Waals surface area (Å²) in [7, 11) is 0. The van der Waals surface area contributed by atoms with Gasteiger partial charge in [-0.15, -0.1) is 11.1 Å². The van der Waals surface area contributed by atoms with E-state index in [1.807, 2.05) is 0 Å². The van der Waals surface area contributed by atoms with Crippen LogP contribution in [0.5, 0.6) is 0 Å². The summed E-state index contributed by atoms with van der Waals surface area (Å²) in [5, 5.41) is 0. The number of fused-ring (bicyclic) bond motifs is 3. The van der Waals surface area contributed by atoms with Crippen molar-refractivity contribution in [1.29, 1.82) is 0 Å². The summed E-state index contributed by atoms with van der Waals surface area (Å²) in [4.78, 5) is 0. The Morgan fingerprint density at radius 3 is 1.41 bits per heavy atom.